The van der Waals surface area contributed by atoms with Crippen LogP contribution in [0.1, 0.15) is 42.1 Å². The van der Waals surface area contributed by atoms with Crippen LogP contribution in [0.3, 0.4) is 0 Å². The molecule has 0 radical (unpaired) electrons. The zero-order valence-electron chi connectivity index (χ0n) is 28.3. The lowest BCUT2D eigenvalue weighted by Gasteiger charge is -2.26. The van der Waals surface area contributed by atoms with Gasteiger partial charge in [-0.05, 0) is 73.0 Å². The van der Waals surface area contributed by atoms with Crippen LogP contribution < -0.4 is 33.8 Å². The minimum atomic E-state index is -0.881. The van der Waals surface area contributed by atoms with Gasteiger partial charge in [0.15, 0.2) is 27.8 Å². The Hall–Kier alpha value is -5.03. The summed E-state index contributed by atoms with van der Waals surface area (Å²) in [7, 11) is 3.08. The van der Waals surface area contributed by atoms with E-state index in [9.17, 15) is 9.59 Å². The first-order chi connectivity index (χ1) is 24.8. The van der Waals surface area contributed by atoms with E-state index < -0.39 is 12.0 Å². The molecule has 0 aliphatic carbocycles. The number of esters is 1. The van der Waals surface area contributed by atoms with Crippen LogP contribution in [0, 0.1) is 0 Å². The number of hydrogen-bond acceptors (Lipinski definition) is 9. The van der Waals surface area contributed by atoms with Crippen molar-refractivity contribution < 1.29 is 28.5 Å². The van der Waals surface area contributed by atoms with Crippen molar-refractivity contribution in [3.63, 3.8) is 0 Å². The predicted octanol–water partition coefficient (Wildman–Crippen LogP) is 7.24. The van der Waals surface area contributed by atoms with Crippen molar-refractivity contribution in [1.82, 2.24) is 4.57 Å². The van der Waals surface area contributed by atoms with Crippen molar-refractivity contribution in [2.24, 2.45) is 4.99 Å². The predicted molar refractivity (Wildman–Crippen MR) is 199 cm³/mol. The van der Waals surface area contributed by atoms with Gasteiger partial charge in [0, 0.05) is 5.56 Å². The van der Waals surface area contributed by atoms with Gasteiger partial charge in [-0.2, -0.15) is 0 Å². The first-order valence-electron chi connectivity index (χ1n) is 16.1. The molecule has 0 bridgehead atoms. The molecule has 0 unspecified atom stereocenters. The lowest BCUT2D eigenvalue weighted by molar-refractivity contribution is -0.138. The van der Waals surface area contributed by atoms with Gasteiger partial charge in [-0.3, -0.25) is 9.36 Å². The van der Waals surface area contributed by atoms with Crippen LogP contribution >= 0.6 is 34.5 Å². The minimum absolute atomic E-state index is 0.142. The summed E-state index contributed by atoms with van der Waals surface area (Å²) in [5, 5.41) is 0.909. The van der Waals surface area contributed by atoms with Gasteiger partial charge in [-0.15, -0.1) is 0 Å². The maximum Gasteiger partial charge on any atom is 0.338 e. The van der Waals surface area contributed by atoms with Gasteiger partial charge >= 0.3 is 5.97 Å². The Kier molecular flexibility index (Phi) is 11.1. The molecule has 1 atom stereocenters. The van der Waals surface area contributed by atoms with Crippen molar-refractivity contribution in [2.45, 2.75) is 26.5 Å². The van der Waals surface area contributed by atoms with Crippen LogP contribution in [-0.2, 0) is 16.1 Å². The van der Waals surface area contributed by atoms with E-state index in [1.54, 1.807) is 50.4 Å². The molecule has 1 aliphatic heterocycles. The number of hydrogen-bond donors (Lipinski definition) is 0. The zero-order chi connectivity index (χ0) is 36.1. The highest BCUT2D eigenvalue weighted by molar-refractivity contribution is 7.07. The van der Waals surface area contributed by atoms with E-state index >= 15 is 0 Å². The number of benzene rings is 4. The SMILES string of the molecule is CCOC(=O)C1=C(c2ccccc2)N=c2s/c(=C\c3ccc(OCc4ccc(Cl)c(Cl)c4)c(OCC)c3)c(=O)n2[C@@H]1c1ccc(OC)c(OC)c1. The molecule has 1 aromatic heterocycles. The highest BCUT2D eigenvalue weighted by Gasteiger charge is 2.35. The van der Waals surface area contributed by atoms with Gasteiger partial charge in [0.25, 0.3) is 5.56 Å². The summed E-state index contributed by atoms with van der Waals surface area (Å²) < 4.78 is 30.6. The maximum absolute atomic E-state index is 14.4. The molecular formula is C39H34Cl2N2O7S. The van der Waals surface area contributed by atoms with E-state index in [0.29, 0.717) is 71.4 Å². The Balaban J connectivity index is 1.49. The van der Waals surface area contributed by atoms with E-state index in [4.69, 9.17) is 51.9 Å². The molecule has 2 heterocycles. The van der Waals surface area contributed by atoms with Crippen LogP contribution in [-0.4, -0.2) is 38.0 Å². The largest absolute Gasteiger partial charge is 0.493 e. The average molecular weight is 746 g/mol. The summed E-state index contributed by atoms with van der Waals surface area (Å²) in [6.45, 7) is 4.41. The molecule has 0 fully saturated rings. The second kappa shape index (κ2) is 15.9. The first kappa shape index (κ1) is 35.8. The number of rotatable bonds is 12. The van der Waals surface area contributed by atoms with E-state index in [0.717, 1.165) is 5.56 Å². The number of nitrogens with zero attached hydrogens (tertiary/aromatic N) is 2. The maximum atomic E-state index is 14.4. The number of methoxy groups -OCH3 is 2. The number of halogens is 2. The molecule has 262 valence electrons. The van der Waals surface area contributed by atoms with Crippen LogP contribution in [0.4, 0.5) is 0 Å². The molecule has 9 nitrogen and oxygen atoms in total. The van der Waals surface area contributed by atoms with Crippen molar-refractivity contribution in [2.75, 3.05) is 27.4 Å². The van der Waals surface area contributed by atoms with Gasteiger partial charge in [0.2, 0.25) is 0 Å². The summed E-state index contributed by atoms with van der Waals surface area (Å²) >= 11 is 13.5. The number of thiazole rings is 1. The summed E-state index contributed by atoms with van der Waals surface area (Å²) in [4.78, 5) is 33.6. The lowest BCUT2D eigenvalue weighted by atomic mass is 9.93. The Labute approximate surface area is 308 Å². The summed E-state index contributed by atoms with van der Waals surface area (Å²) in [6.07, 6.45) is 1.77. The number of ether oxygens (including phenoxy) is 5. The quantitative estimate of drug-likeness (QED) is 0.124. The monoisotopic (exact) mass is 744 g/mol. The Bertz CT molecular complexity index is 2300. The molecule has 5 aromatic rings. The zero-order valence-corrected chi connectivity index (χ0v) is 30.6. The molecule has 0 saturated carbocycles. The smallest absolute Gasteiger partial charge is 0.338 e. The fourth-order valence-electron chi connectivity index (χ4n) is 5.72. The van der Waals surface area contributed by atoms with Gasteiger partial charge in [0.1, 0.15) is 6.61 Å². The number of carbonyl (C=O) groups excluding carboxylic acids is 1. The van der Waals surface area contributed by atoms with Gasteiger partial charge in [0.05, 0.1) is 59.3 Å². The molecule has 4 aromatic carbocycles. The molecule has 12 heteroatoms. The number of aromatic nitrogens is 1. The Morgan fingerprint density at radius 3 is 2.31 bits per heavy atom. The lowest BCUT2D eigenvalue weighted by Crippen LogP contribution is -2.40. The molecule has 0 saturated heterocycles. The van der Waals surface area contributed by atoms with E-state index in [1.807, 2.05) is 61.5 Å². The summed E-state index contributed by atoms with van der Waals surface area (Å²) in [5.74, 6) is 1.42. The first-order valence-corrected chi connectivity index (χ1v) is 17.7. The van der Waals surface area contributed by atoms with Gasteiger partial charge in [-0.1, -0.05) is 83.1 Å². The normalized spacial score (nSPS) is 14.1. The van der Waals surface area contributed by atoms with Gasteiger partial charge < -0.3 is 23.7 Å². The molecule has 6 rings (SSSR count). The standard InChI is InChI=1S/C39H34Cl2N2O7S/c1-5-48-32-19-23(13-16-30(32)50-22-24-12-15-27(40)28(41)18-24)20-33-37(44)43-36(26-14-17-29(46-3)31(21-26)47-4)34(38(45)49-6-2)35(42-39(43)51-33)25-10-8-7-9-11-25/h7-21,36H,5-6,22H2,1-4H3/b33-20-/t36-/m1/s1. The fourth-order valence-corrected chi connectivity index (χ4v) is 7.04. The van der Waals surface area contributed by atoms with Crippen molar-refractivity contribution in [3.8, 4) is 23.0 Å². The van der Waals surface area contributed by atoms with Crippen molar-refractivity contribution in [1.29, 1.82) is 0 Å². The van der Waals surface area contributed by atoms with Crippen LogP contribution in [0.15, 0.2) is 100 Å². The Morgan fingerprint density at radius 1 is 0.843 bits per heavy atom. The molecule has 1 aliphatic rings. The van der Waals surface area contributed by atoms with Crippen LogP contribution in [0.5, 0.6) is 23.0 Å². The fraction of sp³-hybridized carbons (Fsp3) is 0.205. The van der Waals surface area contributed by atoms with Crippen molar-refractivity contribution in [3.05, 3.63) is 142 Å². The molecule has 51 heavy (non-hydrogen) atoms. The average Bonchev–Trinajstić information content (AvgIpc) is 3.45. The van der Waals surface area contributed by atoms with Gasteiger partial charge in [-0.25, -0.2) is 9.79 Å². The Morgan fingerprint density at radius 2 is 1.61 bits per heavy atom. The van der Waals surface area contributed by atoms with E-state index in [2.05, 4.69) is 0 Å². The second-order valence-corrected chi connectivity index (χ2v) is 13.0. The highest BCUT2D eigenvalue weighted by atomic mass is 35.5. The topological polar surface area (TPSA) is 97.6 Å². The molecule has 0 spiro atoms. The highest BCUT2D eigenvalue weighted by Crippen LogP contribution is 2.38. The van der Waals surface area contributed by atoms with E-state index in [-0.39, 0.29) is 24.3 Å². The third-order valence-corrected chi connectivity index (χ3v) is 9.76. The third-order valence-electron chi connectivity index (χ3n) is 8.04. The summed E-state index contributed by atoms with van der Waals surface area (Å²) in [6, 6.07) is 24.6. The van der Waals surface area contributed by atoms with E-state index in [1.165, 1.54) is 23.0 Å². The van der Waals surface area contributed by atoms with Crippen LogP contribution in [0.2, 0.25) is 10.0 Å². The van der Waals surface area contributed by atoms with Crippen molar-refractivity contribution >= 4 is 52.3 Å². The molecule has 0 amide bonds. The number of fused-ring (bicyclic) bond motifs is 1. The minimum Gasteiger partial charge on any atom is -0.493 e. The van der Waals surface area contributed by atoms with Crippen LogP contribution in [0.25, 0.3) is 11.8 Å². The molecular weight excluding hydrogens is 711 g/mol. The summed E-state index contributed by atoms with van der Waals surface area (Å²) in [5.41, 5.74) is 3.21. The number of carbonyl (C=O) groups is 1. The third kappa shape index (κ3) is 7.54. The molecule has 0 N–H and O–H groups in total. The second-order valence-electron chi connectivity index (χ2n) is 11.2.